The summed E-state index contributed by atoms with van der Waals surface area (Å²) in [4.78, 5) is 12.1. The lowest BCUT2D eigenvalue weighted by molar-refractivity contribution is 0.102. The number of benzene rings is 2. The van der Waals surface area contributed by atoms with Crippen molar-refractivity contribution in [2.45, 2.75) is 6.92 Å². The van der Waals surface area contributed by atoms with Gasteiger partial charge >= 0.3 is 0 Å². The van der Waals surface area contributed by atoms with Gasteiger partial charge in [-0.25, -0.2) is 8.78 Å². The molecule has 0 aromatic heterocycles. The van der Waals surface area contributed by atoms with E-state index in [-0.39, 0.29) is 10.0 Å². The number of anilines is 1. The summed E-state index contributed by atoms with van der Waals surface area (Å²) >= 11 is 6.18. The standard InChI is InChI=1S/C14H9Br2F2NO/c1-7-2-12(18)11(16)6-13(7)19-14(20)8-3-9(15)5-10(17)4-8/h2-6H,1H3,(H,19,20). The van der Waals surface area contributed by atoms with Crippen LogP contribution in [0, 0.1) is 18.6 Å². The number of amides is 1. The minimum atomic E-state index is -0.512. The fraction of sp³-hybridized carbons (Fsp3) is 0.0714. The molecule has 2 nitrogen and oxygen atoms in total. The lowest BCUT2D eigenvalue weighted by Crippen LogP contribution is -2.13. The Morgan fingerprint density at radius 2 is 1.80 bits per heavy atom. The third kappa shape index (κ3) is 3.43. The van der Waals surface area contributed by atoms with Gasteiger partial charge in [-0.2, -0.15) is 0 Å². The van der Waals surface area contributed by atoms with E-state index in [9.17, 15) is 13.6 Å². The molecular weight excluding hydrogens is 396 g/mol. The predicted octanol–water partition coefficient (Wildman–Crippen LogP) is 5.05. The summed E-state index contributed by atoms with van der Waals surface area (Å²) in [7, 11) is 0. The highest BCUT2D eigenvalue weighted by Crippen LogP contribution is 2.25. The van der Waals surface area contributed by atoms with Gasteiger partial charge in [0.1, 0.15) is 11.6 Å². The van der Waals surface area contributed by atoms with Crippen molar-refractivity contribution in [2.24, 2.45) is 0 Å². The van der Waals surface area contributed by atoms with Crippen LogP contribution in [0.3, 0.4) is 0 Å². The Kier molecular flexibility index (Phi) is 4.55. The summed E-state index contributed by atoms with van der Waals surface area (Å²) in [6.07, 6.45) is 0. The zero-order valence-electron chi connectivity index (χ0n) is 10.3. The molecule has 0 bridgehead atoms. The second-order valence-corrected chi connectivity index (χ2v) is 5.96. The molecule has 0 fully saturated rings. The van der Waals surface area contributed by atoms with Crippen LogP contribution in [0.1, 0.15) is 15.9 Å². The van der Waals surface area contributed by atoms with Crippen LogP contribution in [0.5, 0.6) is 0 Å². The monoisotopic (exact) mass is 403 g/mol. The molecular formula is C14H9Br2F2NO. The first-order chi connectivity index (χ1) is 9.36. The topological polar surface area (TPSA) is 29.1 Å². The summed E-state index contributed by atoms with van der Waals surface area (Å²) in [5, 5.41) is 2.63. The average molecular weight is 405 g/mol. The maximum Gasteiger partial charge on any atom is 0.255 e. The normalized spacial score (nSPS) is 10.4. The Balaban J connectivity index is 2.30. The van der Waals surface area contributed by atoms with Crippen molar-refractivity contribution in [2.75, 3.05) is 5.32 Å². The first kappa shape index (κ1) is 15.1. The zero-order chi connectivity index (χ0) is 14.9. The third-order valence-electron chi connectivity index (χ3n) is 2.64. The maximum atomic E-state index is 13.3. The quantitative estimate of drug-likeness (QED) is 0.745. The van der Waals surface area contributed by atoms with E-state index in [0.717, 1.165) is 6.07 Å². The first-order valence-electron chi connectivity index (χ1n) is 5.60. The molecule has 1 amide bonds. The van der Waals surface area contributed by atoms with Crippen molar-refractivity contribution in [3.05, 3.63) is 62.0 Å². The molecule has 0 aliphatic heterocycles. The molecule has 6 heteroatoms. The second-order valence-electron chi connectivity index (χ2n) is 4.19. The van der Waals surface area contributed by atoms with Crippen LogP contribution in [0.15, 0.2) is 39.3 Å². The molecule has 0 aliphatic rings. The summed E-state index contributed by atoms with van der Waals surface area (Å²) in [5.74, 6) is -1.39. The number of aryl methyl sites for hydroxylation is 1. The fourth-order valence-electron chi connectivity index (χ4n) is 1.66. The Morgan fingerprint density at radius 3 is 2.45 bits per heavy atom. The largest absolute Gasteiger partial charge is 0.322 e. The van der Waals surface area contributed by atoms with E-state index >= 15 is 0 Å². The van der Waals surface area contributed by atoms with Gasteiger partial charge in [-0.3, -0.25) is 4.79 Å². The van der Waals surface area contributed by atoms with Crippen LogP contribution in [0.25, 0.3) is 0 Å². The Morgan fingerprint density at radius 1 is 1.10 bits per heavy atom. The van der Waals surface area contributed by atoms with Crippen LogP contribution in [0.2, 0.25) is 0 Å². The van der Waals surface area contributed by atoms with Crippen molar-refractivity contribution in [1.82, 2.24) is 0 Å². The molecule has 0 saturated carbocycles. The molecule has 2 aromatic carbocycles. The molecule has 0 unspecified atom stereocenters. The van der Waals surface area contributed by atoms with E-state index < -0.39 is 17.5 Å². The van der Waals surface area contributed by atoms with Gasteiger partial charge < -0.3 is 5.32 Å². The van der Waals surface area contributed by atoms with Gasteiger partial charge in [0.2, 0.25) is 0 Å². The highest BCUT2D eigenvalue weighted by Gasteiger charge is 2.12. The fourth-order valence-corrected chi connectivity index (χ4v) is 2.47. The zero-order valence-corrected chi connectivity index (χ0v) is 13.5. The molecule has 104 valence electrons. The van der Waals surface area contributed by atoms with Gasteiger partial charge in [-0.1, -0.05) is 15.9 Å². The van der Waals surface area contributed by atoms with Gasteiger partial charge in [0.15, 0.2) is 0 Å². The van der Waals surface area contributed by atoms with Gasteiger partial charge in [0, 0.05) is 15.7 Å². The summed E-state index contributed by atoms with van der Waals surface area (Å²) in [6.45, 7) is 1.67. The van der Waals surface area contributed by atoms with Gasteiger partial charge in [0.25, 0.3) is 5.91 Å². The summed E-state index contributed by atoms with van der Waals surface area (Å²) < 4.78 is 27.3. The average Bonchev–Trinajstić information content (AvgIpc) is 2.34. The lowest BCUT2D eigenvalue weighted by Gasteiger charge is -2.10. The third-order valence-corrected chi connectivity index (χ3v) is 3.71. The van der Waals surface area contributed by atoms with Crippen molar-refractivity contribution < 1.29 is 13.6 Å². The number of halogens is 4. The Bertz CT molecular complexity index is 669. The van der Waals surface area contributed by atoms with Crippen molar-refractivity contribution in [3.8, 4) is 0 Å². The number of carbonyl (C=O) groups is 1. The highest BCUT2D eigenvalue weighted by atomic mass is 79.9. The van der Waals surface area contributed by atoms with Crippen LogP contribution in [-0.2, 0) is 0 Å². The van der Waals surface area contributed by atoms with Gasteiger partial charge in [-0.15, -0.1) is 0 Å². The molecule has 20 heavy (non-hydrogen) atoms. The number of hydrogen-bond donors (Lipinski definition) is 1. The molecule has 2 aromatic rings. The van der Waals surface area contributed by atoms with E-state index in [1.165, 1.54) is 24.3 Å². The predicted molar refractivity (Wildman–Crippen MR) is 80.9 cm³/mol. The number of rotatable bonds is 2. The SMILES string of the molecule is Cc1cc(F)c(Br)cc1NC(=O)c1cc(F)cc(Br)c1. The summed E-state index contributed by atoms with van der Waals surface area (Å²) in [6, 6.07) is 6.68. The van der Waals surface area contributed by atoms with Gasteiger partial charge in [0.05, 0.1) is 4.47 Å². The maximum absolute atomic E-state index is 13.3. The first-order valence-corrected chi connectivity index (χ1v) is 7.18. The minimum absolute atomic E-state index is 0.178. The highest BCUT2D eigenvalue weighted by molar-refractivity contribution is 9.10. The van der Waals surface area contributed by atoms with Crippen LogP contribution >= 0.6 is 31.9 Å². The lowest BCUT2D eigenvalue weighted by atomic mass is 10.1. The molecule has 0 heterocycles. The van der Waals surface area contributed by atoms with Crippen LogP contribution < -0.4 is 5.32 Å². The van der Waals surface area contributed by atoms with E-state index in [1.54, 1.807) is 6.92 Å². The molecule has 1 N–H and O–H groups in total. The number of hydrogen-bond acceptors (Lipinski definition) is 1. The van der Waals surface area contributed by atoms with Crippen molar-refractivity contribution >= 4 is 43.5 Å². The van der Waals surface area contributed by atoms with E-state index in [2.05, 4.69) is 37.2 Å². The van der Waals surface area contributed by atoms with Crippen molar-refractivity contribution in [3.63, 3.8) is 0 Å². The van der Waals surface area contributed by atoms with Gasteiger partial charge in [-0.05, 0) is 58.7 Å². The van der Waals surface area contributed by atoms with Crippen LogP contribution in [0.4, 0.5) is 14.5 Å². The van der Waals surface area contributed by atoms with E-state index in [4.69, 9.17) is 0 Å². The molecule has 0 spiro atoms. The minimum Gasteiger partial charge on any atom is -0.322 e. The second kappa shape index (κ2) is 6.01. The molecule has 0 aliphatic carbocycles. The Hall–Kier alpha value is -1.27. The van der Waals surface area contributed by atoms with E-state index in [1.807, 2.05) is 0 Å². The van der Waals surface area contributed by atoms with Crippen molar-refractivity contribution in [1.29, 1.82) is 0 Å². The molecule has 0 radical (unpaired) electrons. The molecule has 0 atom stereocenters. The molecule has 0 saturated heterocycles. The summed E-state index contributed by atoms with van der Waals surface area (Å²) in [5.41, 5.74) is 1.22. The smallest absolute Gasteiger partial charge is 0.255 e. The van der Waals surface area contributed by atoms with E-state index in [0.29, 0.717) is 15.7 Å². The molecule has 2 rings (SSSR count). The Labute approximate surface area is 131 Å². The van der Waals surface area contributed by atoms with Crippen LogP contribution in [-0.4, -0.2) is 5.91 Å². The number of carbonyl (C=O) groups excluding carboxylic acids is 1. The number of nitrogens with one attached hydrogen (secondary N) is 1.